The first-order valence-corrected chi connectivity index (χ1v) is 11.2. The van der Waals surface area contributed by atoms with Gasteiger partial charge in [0.05, 0.1) is 18.5 Å². The number of sulfonamides is 1. The molecule has 7 nitrogen and oxygen atoms in total. The summed E-state index contributed by atoms with van der Waals surface area (Å²) in [5, 5.41) is 2.77. The number of nitrogens with zero attached hydrogens (tertiary/aromatic N) is 2. The molecule has 1 amide bonds. The smallest absolute Gasteiger partial charge is 0.258 e. The van der Waals surface area contributed by atoms with Crippen LogP contribution in [0.2, 0.25) is 0 Å². The van der Waals surface area contributed by atoms with Crippen molar-refractivity contribution in [2.75, 3.05) is 17.2 Å². The van der Waals surface area contributed by atoms with Crippen molar-refractivity contribution in [2.45, 2.75) is 13.1 Å². The van der Waals surface area contributed by atoms with Crippen LogP contribution in [0, 0.1) is 0 Å². The number of nitrogens with one attached hydrogen (secondary N) is 1. The highest BCUT2D eigenvalue weighted by atomic mass is 32.2. The van der Waals surface area contributed by atoms with E-state index in [4.69, 9.17) is 4.74 Å². The minimum Gasteiger partial charge on any atom is -0.484 e. The molecule has 30 heavy (non-hydrogen) atoms. The molecule has 0 saturated heterocycles. The minimum atomic E-state index is -3.46. The molecule has 0 atom stereocenters. The third-order valence-electron chi connectivity index (χ3n) is 4.30. The molecule has 1 aromatic heterocycles. The predicted molar refractivity (Wildman–Crippen MR) is 115 cm³/mol. The van der Waals surface area contributed by atoms with Crippen LogP contribution in [0.1, 0.15) is 11.1 Å². The van der Waals surface area contributed by atoms with Crippen LogP contribution in [-0.2, 0) is 27.9 Å². The van der Waals surface area contributed by atoms with Gasteiger partial charge in [0.15, 0.2) is 6.61 Å². The van der Waals surface area contributed by atoms with Crippen molar-refractivity contribution < 1.29 is 17.9 Å². The molecule has 0 aliphatic rings. The first kappa shape index (κ1) is 21.3. The average molecular weight is 426 g/mol. The molecular formula is C22H23N3O4S. The third-order valence-corrected chi connectivity index (χ3v) is 5.44. The molecular weight excluding hydrogens is 402 g/mol. The molecule has 0 aliphatic heterocycles. The monoisotopic (exact) mass is 425 g/mol. The lowest BCUT2D eigenvalue weighted by molar-refractivity contribution is -0.123. The normalized spacial score (nSPS) is 11.0. The Bertz CT molecular complexity index is 1060. The summed E-state index contributed by atoms with van der Waals surface area (Å²) in [6.07, 6.45) is 4.50. The van der Waals surface area contributed by atoms with E-state index in [9.17, 15) is 13.2 Å². The zero-order valence-electron chi connectivity index (χ0n) is 16.6. The lowest BCUT2D eigenvalue weighted by Gasteiger charge is -2.22. The van der Waals surface area contributed by atoms with Gasteiger partial charge in [0.25, 0.3) is 5.91 Å². The van der Waals surface area contributed by atoms with E-state index in [2.05, 4.69) is 10.3 Å². The SMILES string of the molecule is CS(=O)(=O)N(Cc1ccccc1)c1ccc(OCC(=O)NCc2ccncc2)cc1. The lowest BCUT2D eigenvalue weighted by Crippen LogP contribution is -2.29. The number of hydrogen-bond acceptors (Lipinski definition) is 5. The van der Waals surface area contributed by atoms with Gasteiger partial charge in [-0.05, 0) is 47.5 Å². The Balaban J connectivity index is 1.58. The summed E-state index contributed by atoms with van der Waals surface area (Å²) in [7, 11) is -3.46. The summed E-state index contributed by atoms with van der Waals surface area (Å²) < 4.78 is 31.4. The maximum absolute atomic E-state index is 12.3. The van der Waals surface area contributed by atoms with E-state index < -0.39 is 10.0 Å². The maximum atomic E-state index is 12.3. The predicted octanol–water partition coefficient (Wildman–Crippen LogP) is 2.74. The number of amides is 1. The molecule has 0 aliphatic carbocycles. The molecule has 1 heterocycles. The van der Waals surface area contributed by atoms with Gasteiger partial charge in [-0.2, -0.15) is 0 Å². The Morgan fingerprint density at radius 1 is 0.967 bits per heavy atom. The van der Waals surface area contributed by atoms with Crippen molar-refractivity contribution in [3.05, 3.63) is 90.3 Å². The minimum absolute atomic E-state index is 0.135. The zero-order chi connectivity index (χ0) is 21.4. The average Bonchev–Trinajstić information content (AvgIpc) is 2.76. The number of ether oxygens (including phenoxy) is 1. The van der Waals surface area contributed by atoms with Crippen LogP contribution in [-0.4, -0.2) is 32.2 Å². The van der Waals surface area contributed by atoms with Gasteiger partial charge in [-0.15, -0.1) is 0 Å². The van der Waals surface area contributed by atoms with Crippen molar-refractivity contribution in [2.24, 2.45) is 0 Å². The molecule has 3 aromatic rings. The highest BCUT2D eigenvalue weighted by Crippen LogP contribution is 2.23. The Kier molecular flexibility index (Phi) is 7.03. The summed E-state index contributed by atoms with van der Waals surface area (Å²) >= 11 is 0. The second kappa shape index (κ2) is 9.89. The van der Waals surface area contributed by atoms with Gasteiger partial charge in [0.2, 0.25) is 10.0 Å². The Morgan fingerprint density at radius 3 is 2.27 bits per heavy atom. The number of anilines is 1. The Hall–Kier alpha value is -3.39. The van der Waals surface area contributed by atoms with Crippen molar-refractivity contribution in [1.29, 1.82) is 0 Å². The number of benzene rings is 2. The van der Waals surface area contributed by atoms with Crippen molar-refractivity contribution >= 4 is 21.6 Å². The van der Waals surface area contributed by atoms with Gasteiger partial charge in [-0.3, -0.25) is 14.1 Å². The standard InChI is InChI=1S/C22H23N3O4S/c1-30(27,28)25(16-19-5-3-2-4-6-19)20-7-9-21(10-8-20)29-17-22(26)24-15-18-11-13-23-14-12-18/h2-14H,15-17H2,1H3,(H,24,26). The molecule has 156 valence electrons. The molecule has 1 N–H and O–H groups in total. The molecule has 0 unspecified atom stereocenters. The fourth-order valence-corrected chi connectivity index (χ4v) is 3.65. The van der Waals surface area contributed by atoms with Crippen LogP contribution < -0.4 is 14.4 Å². The summed E-state index contributed by atoms with van der Waals surface area (Å²) in [6, 6.07) is 19.6. The van der Waals surface area contributed by atoms with Gasteiger partial charge in [0.1, 0.15) is 5.75 Å². The number of aromatic nitrogens is 1. The highest BCUT2D eigenvalue weighted by molar-refractivity contribution is 7.92. The molecule has 2 aromatic carbocycles. The first-order chi connectivity index (χ1) is 14.4. The summed E-state index contributed by atoms with van der Waals surface area (Å²) in [4.78, 5) is 15.9. The van der Waals surface area contributed by atoms with Crippen LogP contribution in [0.3, 0.4) is 0 Å². The number of rotatable bonds is 9. The second-order valence-corrected chi connectivity index (χ2v) is 8.58. The first-order valence-electron chi connectivity index (χ1n) is 9.32. The number of carbonyl (C=O) groups excluding carboxylic acids is 1. The largest absolute Gasteiger partial charge is 0.484 e. The van der Waals surface area contributed by atoms with E-state index in [1.54, 1.807) is 36.7 Å². The fraction of sp³-hybridized carbons (Fsp3) is 0.182. The van der Waals surface area contributed by atoms with Gasteiger partial charge >= 0.3 is 0 Å². The highest BCUT2D eigenvalue weighted by Gasteiger charge is 2.18. The summed E-state index contributed by atoms with van der Waals surface area (Å²) in [6.45, 7) is 0.494. The maximum Gasteiger partial charge on any atom is 0.258 e. The van der Waals surface area contributed by atoms with Crippen LogP contribution in [0.4, 0.5) is 5.69 Å². The second-order valence-electron chi connectivity index (χ2n) is 6.67. The van der Waals surface area contributed by atoms with Gasteiger partial charge in [-0.1, -0.05) is 30.3 Å². The summed E-state index contributed by atoms with van der Waals surface area (Å²) in [5.74, 6) is 0.226. The van der Waals surface area contributed by atoms with E-state index in [1.807, 2.05) is 42.5 Å². The molecule has 0 saturated carbocycles. The Morgan fingerprint density at radius 2 is 1.63 bits per heavy atom. The van der Waals surface area contributed by atoms with Crippen LogP contribution >= 0.6 is 0 Å². The van der Waals surface area contributed by atoms with Crippen molar-refractivity contribution in [3.8, 4) is 5.75 Å². The molecule has 0 radical (unpaired) electrons. The van der Waals surface area contributed by atoms with E-state index in [-0.39, 0.29) is 19.1 Å². The van der Waals surface area contributed by atoms with Gasteiger partial charge < -0.3 is 10.1 Å². The fourth-order valence-electron chi connectivity index (χ4n) is 2.76. The van der Waals surface area contributed by atoms with E-state index in [0.29, 0.717) is 18.0 Å². The van der Waals surface area contributed by atoms with Crippen LogP contribution in [0.15, 0.2) is 79.1 Å². The van der Waals surface area contributed by atoms with E-state index >= 15 is 0 Å². The van der Waals surface area contributed by atoms with Gasteiger partial charge in [0, 0.05) is 18.9 Å². The third kappa shape index (κ3) is 6.31. The topological polar surface area (TPSA) is 88.6 Å². The molecule has 0 fully saturated rings. The molecule has 3 rings (SSSR count). The lowest BCUT2D eigenvalue weighted by atomic mass is 10.2. The van der Waals surface area contributed by atoms with Crippen LogP contribution in [0.25, 0.3) is 0 Å². The summed E-state index contributed by atoms with van der Waals surface area (Å²) in [5.41, 5.74) is 2.35. The van der Waals surface area contributed by atoms with E-state index in [0.717, 1.165) is 11.1 Å². The van der Waals surface area contributed by atoms with Gasteiger partial charge in [-0.25, -0.2) is 8.42 Å². The molecule has 0 bridgehead atoms. The number of pyridine rings is 1. The van der Waals surface area contributed by atoms with Crippen molar-refractivity contribution in [1.82, 2.24) is 10.3 Å². The number of hydrogen-bond donors (Lipinski definition) is 1. The Labute approximate surface area is 176 Å². The quantitative estimate of drug-likeness (QED) is 0.570. The van der Waals surface area contributed by atoms with Crippen LogP contribution in [0.5, 0.6) is 5.75 Å². The molecule has 8 heteroatoms. The van der Waals surface area contributed by atoms with E-state index in [1.165, 1.54) is 10.6 Å². The van der Waals surface area contributed by atoms with Crippen molar-refractivity contribution in [3.63, 3.8) is 0 Å². The number of carbonyl (C=O) groups is 1. The zero-order valence-corrected chi connectivity index (χ0v) is 17.4. The molecule has 0 spiro atoms.